The van der Waals surface area contributed by atoms with Crippen LogP contribution < -0.4 is 5.32 Å². The number of carbonyl (C=O) groups excluding carboxylic acids is 1. The van der Waals surface area contributed by atoms with Crippen LogP contribution in [-0.4, -0.2) is 32.9 Å². The number of nitrogens with one attached hydrogen (secondary N) is 2. The molecule has 4 aromatic rings. The number of amides is 1. The molecule has 2 heterocycles. The molecule has 7 nitrogen and oxygen atoms in total. The van der Waals surface area contributed by atoms with Gasteiger partial charge in [0.15, 0.2) is 5.65 Å². The largest absolute Gasteiger partial charge is 0.376 e. The Morgan fingerprint density at radius 1 is 1.09 bits per heavy atom. The summed E-state index contributed by atoms with van der Waals surface area (Å²) in [4.78, 5) is 17.1. The number of hydrogen-bond donors (Lipinski definition) is 2. The molecule has 2 aromatic heterocycles. The third-order valence-electron chi connectivity index (χ3n) is 5.31. The van der Waals surface area contributed by atoms with Crippen molar-refractivity contribution in [1.82, 2.24) is 20.4 Å². The zero-order chi connectivity index (χ0) is 22.1. The number of nitrogens with zero attached hydrogens (tertiary/aromatic N) is 3. The summed E-state index contributed by atoms with van der Waals surface area (Å²) >= 11 is 0. The minimum atomic E-state index is -0.693. The molecule has 1 saturated carbocycles. The van der Waals surface area contributed by atoms with Crippen LogP contribution in [0.4, 0.5) is 14.5 Å². The van der Waals surface area contributed by atoms with Gasteiger partial charge in [0.25, 0.3) is 5.91 Å². The van der Waals surface area contributed by atoms with Crippen molar-refractivity contribution in [2.24, 2.45) is 5.92 Å². The maximum atomic E-state index is 14.4. The van der Waals surface area contributed by atoms with Gasteiger partial charge in [0.1, 0.15) is 17.2 Å². The summed E-state index contributed by atoms with van der Waals surface area (Å²) in [5, 5.41) is 12.8. The van der Waals surface area contributed by atoms with E-state index in [4.69, 9.17) is 4.74 Å². The van der Waals surface area contributed by atoms with Gasteiger partial charge in [-0.2, -0.15) is 0 Å². The van der Waals surface area contributed by atoms with Crippen LogP contribution in [-0.2, 0) is 11.3 Å². The average molecular weight is 435 g/mol. The number of ether oxygens (including phenoxy) is 1. The standard InChI is InChI=1S/C23H19F2N5O2/c24-18-6-4-14(20-7-8-21-22(27-20)29-30-28-21)9-17(18)23(31)26-16-5-3-15(19(25)10-16)12-32-11-13-1-2-13/h3-10,13H,1-2,11-12H2,(H,26,31)(H,27,28,29,30). The highest BCUT2D eigenvalue weighted by molar-refractivity contribution is 6.05. The second kappa shape index (κ2) is 8.43. The summed E-state index contributed by atoms with van der Waals surface area (Å²) in [6.07, 6.45) is 2.33. The quantitative estimate of drug-likeness (QED) is 0.447. The molecule has 0 bridgehead atoms. The van der Waals surface area contributed by atoms with Crippen LogP contribution in [0.25, 0.3) is 22.4 Å². The van der Waals surface area contributed by atoms with Crippen molar-refractivity contribution in [2.75, 3.05) is 11.9 Å². The summed E-state index contributed by atoms with van der Waals surface area (Å²) in [6.45, 7) is 0.808. The molecule has 162 valence electrons. The first-order valence-corrected chi connectivity index (χ1v) is 10.2. The molecule has 0 spiro atoms. The Bertz CT molecular complexity index is 1300. The van der Waals surface area contributed by atoms with E-state index in [1.165, 1.54) is 24.3 Å². The number of H-pyrrole nitrogens is 1. The molecule has 5 rings (SSSR count). The van der Waals surface area contributed by atoms with Crippen LogP contribution in [0.3, 0.4) is 0 Å². The number of benzene rings is 2. The van der Waals surface area contributed by atoms with E-state index in [1.807, 2.05) is 0 Å². The molecule has 2 N–H and O–H groups in total. The number of aromatic amines is 1. The lowest BCUT2D eigenvalue weighted by atomic mass is 10.1. The van der Waals surface area contributed by atoms with Gasteiger partial charge in [-0.1, -0.05) is 11.3 Å². The third kappa shape index (κ3) is 4.33. The Labute approximate surface area is 181 Å². The van der Waals surface area contributed by atoms with Crippen LogP contribution in [0, 0.1) is 17.6 Å². The maximum Gasteiger partial charge on any atom is 0.258 e. The topological polar surface area (TPSA) is 92.8 Å². The Morgan fingerprint density at radius 2 is 1.97 bits per heavy atom. The fraction of sp³-hybridized carbons (Fsp3) is 0.217. The molecular weight excluding hydrogens is 416 g/mol. The fourth-order valence-corrected chi connectivity index (χ4v) is 3.32. The Morgan fingerprint density at radius 3 is 2.78 bits per heavy atom. The van der Waals surface area contributed by atoms with Crippen molar-refractivity contribution in [3.63, 3.8) is 0 Å². The highest BCUT2D eigenvalue weighted by Gasteiger charge is 2.21. The Hall–Kier alpha value is -3.72. The van der Waals surface area contributed by atoms with Crippen LogP contribution in [0.5, 0.6) is 0 Å². The highest BCUT2D eigenvalue weighted by atomic mass is 19.1. The molecular formula is C23H19F2N5O2. The van der Waals surface area contributed by atoms with Crippen molar-refractivity contribution < 1.29 is 18.3 Å². The summed E-state index contributed by atoms with van der Waals surface area (Å²) < 4.78 is 34.3. The van der Waals surface area contributed by atoms with Gasteiger partial charge in [-0.25, -0.2) is 18.9 Å². The SMILES string of the molecule is O=C(Nc1ccc(COCC2CC2)c(F)c1)c1cc(-c2ccc3nn[nH]c3n2)ccc1F. The van der Waals surface area contributed by atoms with Gasteiger partial charge in [-0.15, -0.1) is 5.10 Å². The van der Waals surface area contributed by atoms with Gasteiger partial charge >= 0.3 is 0 Å². The van der Waals surface area contributed by atoms with Crippen molar-refractivity contribution in [2.45, 2.75) is 19.4 Å². The number of rotatable bonds is 7. The first-order chi connectivity index (χ1) is 15.6. The molecule has 32 heavy (non-hydrogen) atoms. The van der Waals surface area contributed by atoms with E-state index < -0.39 is 17.5 Å². The van der Waals surface area contributed by atoms with E-state index in [0.717, 1.165) is 12.8 Å². The minimum Gasteiger partial charge on any atom is -0.376 e. The number of hydrogen-bond acceptors (Lipinski definition) is 5. The van der Waals surface area contributed by atoms with Gasteiger partial charge in [-0.05, 0) is 61.2 Å². The molecule has 0 aliphatic heterocycles. The Kier molecular flexibility index (Phi) is 5.32. The monoisotopic (exact) mass is 435 g/mol. The maximum absolute atomic E-state index is 14.4. The van der Waals surface area contributed by atoms with E-state index in [9.17, 15) is 13.6 Å². The molecule has 1 fully saturated rings. The van der Waals surface area contributed by atoms with E-state index in [2.05, 4.69) is 25.7 Å². The van der Waals surface area contributed by atoms with Crippen LogP contribution in [0.2, 0.25) is 0 Å². The molecule has 2 aromatic carbocycles. The fourth-order valence-electron chi connectivity index (χ4n) is 3.32. The molecule has 0 radical (unpaired) electrons. The molecule has 9 heteroatoms. The predicted molar refractivity (Wildman–Crippen MR) is 114 cm³/mol. The molecule has 0 unspecified atom stereocenters. The number of fused-ring (bicyclic) bond motifs is 1. The zero-order valence-corrected chi connectivity index (χ0v) is 16.9. The average Bonchev–Trinajstić information content (AvgIpc) is 3.49. The van der Waals surface area contributed by atoms with Crippen molar-refractivity contribution in [3.05, 3.63) is 71.3 Å². The second-order valence-electron chi connectivity index (χ2n) is 7.79. The van der Waals surface area contributed by atoms with E-state index in [1.54, 1.807) is 24.3 Å². The lowest BCUT2D eigenvalue weighted by molar-refractivity contribution is 0.102. The normalized spacial score (nSPS) is 13.4. The molecule has 0 atom stereocenters. The van der Waals surface area contributed by atoms with Gasteiger partial charge in [-0.3, -0.25) is 4.79 Å². The molecule has 1 amide bonds. The summed E-state index contributed by atoms with van der Waals surface area (Å²) in [6, 6.07) is 11.9. The zero-order valence-electron chi connectivity index (χ0n) is 16.9. The number of anilines is 1. The van der Waals surface area contributed by atoms with Crippen molar-refractivity contribution >= 4 is 22.8 Å². The first-order valence-electron chi connectivity index (χ1n) is 10.2. The van der Waals surface area contributed by atoms with Crippen LogP contribution in [0.15, 0.2) is 48.5 Å². The summed E-state index contributed by atoms with van der Waals surface area (Å²) in [5.41, 5.74) is 2.61. The number of aromatic nitrogens is 4. The van der Waals surface area contributed by atoms with E-state index in [-0.39, 0.29) is 17.9 Å². The highest BCUT2D eigenvalue weighted by Crippen LogP contribution is 2.29. The van der Waals surface area contributed by atoms with E-state index >= 15 is 0 Å². The van der Waals surface area contributed by atoms with Gasteiger partial charge in [0.05, 0.1) is 17.9 Å². The molecule has 1 aliphatic carbocycles. The number of halogens is 2. The summed E-state index contributed by atoms with van der Waals surface area (Å²) in [7, 11) is 0. The number of carbonyl (C=O) groups is 1. The summed E-state index contributed by atoms with van der Waals surface area (Å²) in [5.74, 6) is -1.28. The van der Waals surface area contributed by atoms with Crippen molar-refractivity contribution in [1.29, 1.82) is 0 Å². The van der Waals surface area contributed by atoms with Crippen LogP contribution >= 0.6 is 0 Å². The van der Waals surface area contributed by atoms with Crippen molar-refractivity contribution in [3.8, 4) is 11.3 Å². The predicted octanol–water partition coefficient (Wildman–Crippen LogP) is 4.48. The van der Waals surface area contributed by atoms with Crippen LogP contribution in [0.1, 0.15) is 28.8 Å². The van der Waals surface area contributed by atoms with Gasteiger partial charge in [0.2, 0.25) is 0 Å². The van der Waals surface area contributed by atoms with Gasteiger partial charge in [0, 0.05) is 23.4 Å². The first kappa shape index (κ1) is 20.2. The number of pyridine rings is 1. The smallest absolute Gasteiger partial charge is 0.258 e. The molecule has 0 saturated heterocycles. The Balaban J connectivity index is 1.32. The minimum absolute atomic E-state index is 0.176. The van der Waals surface area contributed by atoms with Gasteiger partial charge < -0.3 is 10.1 Å². The van der Waals surface area contributed by atoms with E-state index in [0.29, 0.717) is 40.5 Å². The third-order valence-corrected chi connectivity index (χ3v) is 5.31. The molecule has 1 aliphatic rings. The lowest BCUT2D eigenvalue weighted by Gasteiger charge is -2.10. The lowest BCUT2D eigenvalue weighted by Crippen LogP contribution is -2.14. The second-order valence-corrected chi connectivity index (χ2v) is 7.79.